The van der Waals surface area contributed by atoms with E-state index in [9.17, 15) is 9.59 Å². The van der Waals surface area contributed by atoms with Gasteiger partial charge in [-0.25, -0.2) is 4.98 Å². The van der Waals surface area contributed by atoms with Crippen molar-refractivity contribution in [1.82, 2.24) is 19.9 Å². The summed E-state index contributed by atoms with van der Waals surface area (Å²) < 4.78 is 1.35. The van der Waals surface area contributed by atoms with Gasteiger partial charge in [0.15, 0.2) is 0 Å². The Morgan fingerprint density at radius 1 is 1.39 bits per heavy atom. The van der Waals surface area contributed by atoms with Crippen molar-refractivity contribution in [3.05, 3.63) is 22.1 Å². The van der Waals surface area contributed by atoms with Gasteiger partial charge >= 0.3 is 0 Å². The van der Waals surface area contributed by atoms with Crippen molar-refractivity contribution in [1.29, 1.82) is 0 Å². The molecule has 2 aliphatic rings. The number of fused-ring (bicyclic) bond motifs is 1. The van der Waals surface area contributed by atoms with Gasteiger partial charge in [0, 0.05) is 30.9 Å². The van der Waals surface area contributed by atoms with Gasteiger partial charge in [-0.3, -0.25) is 9.59 Å². The SMILES string of the molecule is Cc1cc(=O)n2nc(N3CCC[C@@H](C(=O)NC4CC4)C3)sc2n1. The molecule has 7 nitrogen and oxygen atoms in total. The van der Waals surface area contributed by atoms with Crippen LogP contribution in [-0.4, -0.2) is 39.6 Å². The summed E-state index contributed by atoms with van der Waals surface area (Å²) in [6, 6.07) is 1.88. The highest BCUT2D eigenvalue weighted by atomic mass is 32.1. The molecule has 1 amide bonds. The molecular weight excluding hydrogens is 314 g/mol. The molecule has 3 heterocycles. The Morgan fingerprint density at radius 3 is 3.00 bits per heavy atom. The second kappa shape index (κ2) is 5.59. The van der Waals surface area contributed by atoms with Gasteiger partial charge in [0.2, 0.25) is 16.0 Å². The van der Waals surface area contributed by atoms with Crippen molar-refractivity contribution >= 4 is 27.3 Å². The molecule has 1 saturated carbocycles. The van der Waals surface area contributed by atoms with Crippen LogP contribution in [0.5, 0.6) is 0 Å². The number of carbonyl (C=O) groups is 1. The van der Waals surface area contributed by atoms with E-state index in [-0.39, 0.29) is 17.4 Å². The predicted octanol–water partition coefficient (Wildman–Crippen LogP) is 0.954. The average Bonchev–Trinajstić information content (AvgIpc) is 3.23. The molecule has 1 aliphatic carbocycles. The summed E-state index contributed by atoms with van der Waals surface area (Å²) in [7, 11) is 0. The van der Waals surface area contributed by atoms with Gasteiger partial charge in [-0.2, -0.15) is 4.52 Å². The molecule has 2 aromatic rings. The Morgan fingerprint density at radius 2 is 2.22 bits per heavy atom. The van der Waals surface area contributed by atoms with Crippen LogP contribution in [0.3, 0.4) is 0 Å². The molecule has 122 valence electrons. The van der Waals surface area contributed by atoms with E-state index in [1.807, 2.05) is 0 Å². The molecule has 8 heteroatoms. The van der Waals surface area contributed by atoms with Crippen molar-refractivity contribution in [2.45, 2.75) is 38.6 Å². The quantitative estimate of drug-likeness (QED) is 0.905. The smallest absolute Gasteiger partial charge is 0.275 e. The van der Waals surface area contributed by atoms with Crippen LogP contribution in [0.15, 0.2) is 10.9 Å². The molecule has 2 fully saturated rings. The average molecular weight is 333 g/mol. The summed E-state index contributed by atoms with van der Waals surface area (Å²) in [5.74, 6) is 0.159. The number of aromatic nitrogens is 3. The summed E-state index contributed by atoms with van der Waals surface area (Å²) >= 11 is 1.41. The van der Waals surface area contributed by atoms with Gasteiger partial charge in [0.25, 0.3) is 5.56 Å². The maximum atomic E-state index is 12.3. The lowest BCUT2D eigenvalue weighted by Gasteiger charge is -2.31. The number of nitrogens with one attached hydrogen (secondary N) is 1. The summed E-state index contributed by atoms with van der Waals surface area (Å²) in [5, 5.41) is 8.25. The summed E-state index contributed by atoms with van der Waals surface area (Å²) in [6.07, 6.45) is 4.08. The first-order valence-electron chi connectivity index (χ1n) is 8.03. The monoisotopic (exact) mass is 333 g/mol. The molecule has 1 N–H and O–H groups in total. The summed E-state index contributed by atoms with van der Waals surface area (Å²) in [5.41, 5.74) is 0.542. The minimum Gasteiger partial charge on any atom is -0.353 e. The van der Waals surface area contributed by atoms with Gasteiger partial charge in [0.05, 0.1) is 5.92 Å². The Hall–Kier alpha value is -1.96. The fourth-order valence-corrected chi connectivity index (χ4v) is 3.94. The van der Waals surface area contributed by atoms with Crippen LogP contribution in [0.1, 0.15) is 31.4 Å². The van der Waals surface area contributed by atoms with Crippen molar-refractivity contribution in [3.8, 4) is 0 Å². The lowest BCUT2D eigenvalue weighted by Crippen LogP contribution is -2.43. The van der Waals surface area contributed by atoms with Crippen LogP contribution in [-0.2, 0) is 4.79 Å². The molecule has 1 atom stereocenters. The predicted molar refractivity (Wildman–Crippen MR) is 88.0 cm³/mol. The van der Waals surface area contributed by atoms with E-state index < -0.39 is 0 Å². The third-order valence-corrected chi connectivity index (χ3v) is 5.32. The Kier molecular flexibility index (Phi) is 3.56. The number of anilines is 1. The first-order valence-corrected chi connectivity index (χ1v) is 8.84. The number of nitrogens with zero attached hydrogens (tertiary/aromatic N) is 4. The normalized spacial score (nSPS) is 21.6. The van der Waals surface area contributed by atoms with Crippen molar-refractivity contribution < 1.29 is 4.79 Å². The number of carbonyl (C=O) groups excluding carboxylic acids is 1. The second-order valence-electron chi connectivity index (χ2n) is 6.38. The number of rotatable bonds is 3. The molecule has 0 unspecified atom stereocenters. The molecule has 0 aromatic carbocycles. The third-order valence-electron chi connectivity index (χ3n) is 4.35. The maximum Gasteiger partial charge on any atom is 0.275 e. The van der Waals surface area contributed by atoms with Gasteiger partial charge < -0.3 is 10.2 Å². The van der Waals surface area contributed by atoms with E-state index in [1.165, 1.54) is 21.9 Å². The molecule has 0 bridgehead atoms. The van der Waals surface area contributed by atoms with Gasteiger partial charge in [-0.15, -0.1) is 5.10 Å². The van der Waals surface area contributed by atoms with Crippen molar-refractivity contribution in [2.75, 3.05) is 18.0 Å². The highest BCUT2D eigenvalue weighted by molar-refractivity contribution is 7.20. The highest BCUT2D eigenvalue weighted by Crippen LogP contribution is 2.28. The van der Waals surface area contributed by atoms with Crippen molar-refractivity contribution in [3.63, 3.8) is 0 Å². The molecular formula is C15H19N5O2S. The molecule has 1 aliphatic heterocycles. The zero-order valence-corrected chi connectivity index (χ0v) is 13.8. The Bertz CT molecular complexity index is 810. The van der Waals surface area contributed by atoms with Gasteiger partial charge in [-0.05, 0) is 32.6 Å². The van der Waals surface area contributed by atoms with E-state index in [0.717, 1.165) is 37.4 Å². The topological polar surface area (TPSA) is 79.6 Å². The lowest BCUT2D eigenvalue weighted by molar-refractivity contribution is -0.125. The first-order chi connectivity index (χ1) is 11.1. The van der Waals surface area contributed by atoms with Crippen LogP contribution >= 0.6 is 11.3 Å². The Labute approximate surface area is 137 Å². The molecule has 2 aromatic heterocycles. The molecule has 0 radical (unpaired) electrons. The lowest BCUT2D eigenvalue weighted by atomic mass is 9.97. The van der Waals surface area contributed by atoms with E-state index in [2.05, 4.69) is 20.3 Å². The summed E-state index contributed by atoms with van der Waals surface area (Å²) in [6.45, 7) is 3.33. The van der Waals surface area contributed by atoms with Crippen LogP contribution in [0, 0.1) is 12.8 Å². The number of piperidine rings is 1. The second-order valence-corrected chi connectivity index (χ2v) is 7.32. The van der Waals surface area contributed by atoms with Crippen LogP contribution < -0.4 is 15.8 Å². The fraction of sp³-hybridized carbons (Fsp3) is 0.600. The zero-order valence-electron chi connectivity index (χ0n) is 13.0. The minimum atomic E-state index is -0.157. The number of hydrogen-bond acceptors (Lipinski definition) is 6. The van der Waals surface area contributed by atoms with E-state index in [1.54, 1.807) is 6.92 Å². The standard InChI is InChI=1S/C15H19N5O2S/c1-9-7-12(21)20-14(16-9)23-15(18-20)19-6-2-3-10(8-19)13(22)17-11-4-5-11/h7,10-11H,2-6,8H2,1H3,(H,17,22)/t10-/m1/s1. The van der Waals surface area contributed by atoms with E-state index >= 15 is 0 Å². The molecule has 0 spiro atoms. The zero-order chi connectivity index (χ0) is 16.0. The molecule has 1 saturated heterocycles. The number of hydrogen-bond donors (Lipinski definition) is 1. The first kappa shape index (κ1) is 14.6. The van der Waals surface area contributed by atoms with Crippen molar-refractivity contribution in [2.24, 2.45) is 5.92 Å². The number of aryl methyl sites for hydroxylation is 1. The van der Waals surface area contributed by atoms with E-state index in [0.29, 0.717) is 23.2 Å². The minimum absolute atomic E-state index is 0.00257. The van der Waals surface area contributed by atoms with Crippen LogP contribution in [0.25, 0.3) is 4.96 Å². The van der Waals surface area contributed by atoms with E-state index in [4.69, 9.17) is 0 Å². The maximum absolute atomic E-state index is 12.3. The van der Waals surface area contributed by atoms with Crippen LogP contribution in [0.2, 0.25) is 0 Å². The molecule has 23 heavy (non-hydrogen) atoms. The fourth-order valence-electron chi connectivity index (χ4n) is 2.95. The largest absolute Gasteiger partial charge is 0.353 e. The highest BCUT2D eigenvalue weighted by Gasteiger charge is 2.31. The van der Waals surface area contributed by atoms with Gasteiger partial charge in [0.1, 0.15) is 0 Å². The molecule has 4 rings (SSSR count). The van der Waals surface area contributed by atoms with Crippen LogP contribution in [0.4, 0.5) is 5.13 Å². The summed E-state index contributed by atoms with van der Waals surface area (Å²) in [4.78, 5) is 31.3. The third kappa shape index (κ3) is 2.95. The Balaban J connectivity index is 1.56. The number of amides is 1. The van der Waals surface area contributed by atoms with Gasteiger partial charge in [-0.1, -0.05) is 11.3 Å².